The maximum absolute atomic E-state index is 8.72. The number of alkyl halides is 3. The standard InChI is InChI=1S/C12H8Cl3N3/c13-12(14,15)11-17-5-6-18(11)8-10-3-1-9(7-16)2-4-10/h1-6H,8H2. The van der Waals surface area contributed by atoms with Gasteiger partial charge in [0.25, 0.3) is 0 Å². The first-order chi connectivity index (χ1) is 8.50. The Morgan fingerprint density at radius 3 is 2.44 bits per heavy atom. The van der Waals surface area contributed by atoms with E-state index in [1.807, 2.05) is 12.1 Å². The number of rotatable bonds is 2. The molecule has 0 aliphatic rings. The summed E-state index contributed by atoms with van der Waals surface area (Å²) in [7, 11) is 0. The largest absolute Gasteiger partial charge is 0.327 e. The zero-order valence-corrected chi connectivity index (χ0v) is 11.4. The highest BCUT2D eigenvalue weighted by molar-refractivity contribution is 6.66. The van der Waals surface area contributed by atoms with E-state index in [-0.39, 0.29) is 0 Å². The van der Waals surface area contributed by atoms with Gasteiger partial charge in [0.05, 0.1) is 11.6 Å². The minimum absolute atomic E-state index is 0.372. The van der Waals surface area contributed by atoms with Gasteiger partial charge in [-0.05, 0) is 17.7 Å². The average molecular weight is 301 g/mol. The normalized spacial score (nSPS) is 11.2. The van der Waals surface area contributed by atoms with E-state index in [1.54, 1.807) is 29.1 Å². The van der Waals surface area contributed by atoms with E-state index in [4.69, 9.17) is 40.1 Å². The molecule has 0 spiro atoms. The lowest BCUT2D eigenvalue weighted by atomic mass is 10.1. The third-order valence-electron chi connectivity index (χ3n) is 2.40. The van der Waals surface area contributed by atoms with Crippen LogP contribution in [0.5, 0.6) is 0 Å². The number of halogens is 3. The van der Waals surface area contributed by atoms with E-state index in [0.29, 0.717) is 17.9 Å². The lowest BCUT2D eigenvalue weighted by molar-refractivity contribution is 0.737. The Kier molecular flexibility index (Phi) is 3.82. The molecule has 0 radical (unpaired) electrons. The molecule has 6 heteroatoms. The monoisotopic (exact) mass is 299 g/mol. The van der Waals surface area contributed by atoms with Gasteiger partial charge >= 0.3 is 0 Å². The van der Waals surface area contributed by atoms with Gasteiger partial charge < -0.3 is 4.57 Å². The third kappa shape index (κ3) is 2.97. The van der Waals surface area contributed by atoms with Crippen LogP contribution in [0.4, 0.5) is 0 Å². The van der Waals surface area contributed by atoms with Crippen LogP contribution in [0.15, 0.2) is 36.7 Å². The van der Waals surface area contributed by atoms with Crippen LogP contribution in [0.3, 0.4) is 0 Å². The summed E-state index contributed by atoms with van der Waals surface area (Å²) in [6.45, 7) is 0.537. The lowest BCUT2D eigenvalue weighted by Gasteiger charge is -2.13. The maximum Gasteiger partial charge on any atom is 0.248 e. The summed E-state index contributed by atoms with van der Waals surface area (Å²) in [6, 6.07) is 9.29. The zero-order valence-electron chi connectivity index (χ0n) is 9.15. The Bertz CT molecular complexity index is 576. The number of aromatic nitrogens is 2. The molecule has 0 fully saturated rings. The van der Waals surface area contributed by atoms with Crippen molar-refractivity contribution in [1.29, 1.82) is 5.26 Å². The molecule has 0 bridgehead atoms. The Morgan fingerprint density at radius 1 is 1.22 bits per heavy atom. The average Bonchev–Trinajstić information content (AvgIpc) is 2.78. The molecule has 0 N–H and O–H groups in total. The van der Waals surface area contributed by atoms with Crippen molar-refractivity contribution < 1.29 is 0 Å². The van der Waals surface area contributed by atoms with Gasteiger partial charge in [0.1, 0.15) is 0 Å². The van der Waals surface area contributed by atoms with E-state index in [9.17, 15) is 0 Å². The van der Waals surface area contributed by atoms with Crippen molar-refractivity contribution in [3.63, 3.8) is 0 Å². The van der Waals surface area contributed by atoms with Gasteiger partial charge in [-0.2, -0.15) is 5.26 Å². The molecule has 0 saturated carbocycles. The van der Waals surface area contributed by atoms with Crippen molar-refractivity contribution in [3.8, 4) is 6.07 Å². The van der Waals surface area contributed by atoms with Crippen molar-refractivity contribution in [2.45, 2.75) is 10.3 Å². The summed E-state index contributed by atoms with van der Waals surface area (Å²) in [6.07, 6.45) is 3.33. The molecule has 3 nitrogen and oxygen atoms in total. The first kappa shape index (κ1) is 13.2. The van der Waals surface area contributed by atoms with E-state index in [2.05, 4.69) is 11.1 Å². The van der Waals surface area contributed by atoms with Gasteiger partial charge in [-0.1, -0.05) is 46.9 Å². The van der Waals surface area contributed by atoms with E-state index in [0.717, 1.165) is 5.56 Å². The molecular weight excluding hydrogens is 293 g/mol. The van der Waals surface area contributed by atoms with Crippen molar-refractivity contribution in [1.82, 2.24) is 9.55 Å². The van der Waals surface area contributed by atoms with Crippen LogP contribution in [-0.2, 0) is 10.3 Å². The van der Waals surface area contributed by atoms with Crippen molar-refractivity contribution in [2.24, 2.45) is 0 Å². The minimum Gasteiger partial charge on any atom is -0.327 e. The molecule has 1 aromatic heterocycles. The number of nitrogens with zero attached hydrogens (tertiary/aromatic N) is 3. The molecule has 2 aromatic rings. The fourth-order valence-corrected chi connectivity index (χ4v) is 2.05. The highest BCUT2D eigenvalue weighted by atomic mass is 35.6. The fraction of sp³-hybridized carbons (Fsp3) is 0.167. The van der Waals surface area contributed by atoms with Crippen LogP contribution in [0.25, 0.3) is 0 Å². The Balaban J connectivity index is 2.24. The predicted molar refractivity (Wildman–Crippen MR) is 71.7 cm³/mol. The quantitative estimate of drug-likeness (QED) is 0.795. The highest BCUT2D eigenvalue weighted by Gasteiger charge is 2.28. The summed E-state index contributed by atoms with van der Waals surface area (Å²) >= 11 is 17.5. The third-order valence-corrected chi connectivity index (χ3v) is 2.91. The van der Waals surface area contributed by atoms with Crippen molar-refractivity contribution >= 4 is 34.8 Å². The topological polar surface area (TPSA) is 41.6 Å². The van der Waals surface area contributed by atoms with Gasteiger partial charge in [0, 0.05) is 18.9 Å². The van der Waals surface area contributed by atoms with Crippen LogP contribution < -0.4 is 0 Å². The molecular formula is C12H8Cl3N3. The fourth-order valence-electron chi connectivity index (χ4n) is 1.57. The van der Waals surface area contributed by atoms with Crippen LogP contribution in [-0.4, -0.2) is 9.55 Å². The van der Waals surface area contributed by atoms with E-state index in [1.165, 1.54) is 0 Å². The van der Waals surface area contributed by atoms with Gasteiger partial charge in [-0.25, -0.2) is 4.98 Å². The zero-order chi connectivity index (χ0) is 13.2. The van der Waals surface area contributed by atoms with Crippen LogP contribution in [0.1, 0.15) is 17.0 Å². The predicted octanol–water partition coefficient (Wildman–Crippen LogP) is 3.63. The second kappa shape index (κ2) is 5.19. The Morgan fingerprint density at radius 2 is 1.89 bits per heavy atom. The maximum atomic E-state index is 8.72. The Labute approximate surface area is 120 Å². The molecule has 0 saturated heterocycles. The van der Waals surface area contributed by atoms with Gasteiger partial charge in [0.2, 0.25) is 3.79 Å². The molecule has 18 heavy (non-hydrogen) atoms. The lowest BCUT2D eigenvalue weighted by Crippen LogP contribution is -2.12. The number of imidazole rings is 1. The molecule has 0 aliphatic carbocycles. The number of hydrogen-bond donors (Lipinski definition) is 0. The first-order valence-corrected chi connectivity index (χ1v) is 6.21. The van der Waals surface area contributed by atoms with Gasteiger partial charge in [-0.15, -0.1) is 0 Å². The number of nitriles is 1. The molecule has 1 heterocycles. The first-order valence-electron chi connectivity index (χ1n) is 5.08. The molecule has 0 atom stereocenters. The minimum atomic E-state index is -1.55. The van der Waals surface area contributed by atoms with Crippen molar-refractivity contribution in [3.05, 3.63) is 53.6 Å². The number of hydrogen-bond acceptors (Lipinski definition) is 2. The van der Waals surface area contributed by atoms with Crippen LogP contribution in [0, 0.1) is 11.3 Å². The molecule has 2 rings (SSSR count). The second-order valence-corrected chi connectivity index (χ2v) is 5.97. The van der Waals surface area contributed by atoms with E-state index >= 15 is 0 Å². The summed E-state index contributed by atoms with van der Waals surface area (Å²) in [5.41, 5.74) is 1.62. The molecule has 0 aliphatic heterocycles. The molecule has 1 aromatic carbocycles. The molecule has 0 unspecified atom stereocenters. The number of benzene rings is 1. The SMILES string of the molecule is N#Cc1ccc(Cn2ccnc2C(Cl)(Cl)Cl)cc1. The summed E-state index contributed by atoms with van der Waals surface area (Å²) < 4.78 is 0.213. The van der Waals surface area contributed by atoms with Crippen LogP contribution in [0.2, 0.25) is 0 Å². The van der Waals surface area contributed by atoms with Crippen LogP contribution >= 0.6 is 34.8 Å². The summed E-state index contributed by atoms with van der Waals surface area (Å²) in [5.74, 6) is 0.372. The smallest absolute Gasteiger partial charge is 0.248 e. The van der Waals surface area contributed by atoms with Gasteiger partial charge in [0.15, 0.2) is 5.82 Å². The van der Waals surface area contributed by atoms with Crippen molar-refractivity contribution in [2.75, 3.05) is 0 Å². The summed E-state index contributed by atoms with van der Waals surface area (Å²) in [4.78, 5) is 4.03. The highest BCUT2D eigenvalue weighted by Crippen LogP contribution is 2.37. The molecule has 92 valence electrons. The Hall–Kier alpha value is -1.21. The second-order valence-electron chi connectivity index (χ2n) is 3.69. The molecule has 0 amide bonds. The summed E-state index contributed by atoms with van der Waals surface area (Å²) in [5, 5.41) is 8.72. The van der Waals surface area contributed by atoms with Gasteiger partial charge in [-0.3, -0.25) is 0 Å². The van der Waals surface area contributed by atoms with E-state index < -0.39 is 3.79 Å².